The third-order valence-electron chi connectivity index (χ3n) is 4.36. The Morgan fingerprint density at radius 1 is 1.36 bits per heavy atom. The molecule has 1 aliphatic heterocycles. The van der Waals surface area contributed by atoms with Crippen LogP contribution in [0.1, 0.15) is 18.7 Å². The first-order chi connectivity index (χ1) is 13.5. The molecule has 9 nitrogen and oxygen atoms in total. The van der Waals surface area contributed by atoms with Crippen LogP contribution in [0.25, 0.3) is 11.4 Å². The van der Waals surface area contributed by atoms with Gasteiger partial charge in [0, 0.05) is 36.5 Å². The standard InChI is InChI=1S/C18H19ClN4O5/c1-27-16(25)10-13-18(26)20-8-9-23(13)15(24)7-6-14-21-17(22-28-14)11-2-4-12(19)5-3-11/h2-5,13H,6-10H2,1H3,(H,20,26). The first kappa shape index (κ1) is 19.8. The van der Waals surface area contributed by atoms with Crippen molar-refractivity contribution < 1.29 is 23.6 Å². The number of ether oxygens (including phenoxy) is 1. The Bertz CT molecular complexity index is 867. The number of amides is 2. The summed E-state index contributed by atoms with van der Waals surface area (Å²) in [6, 6.07) is 6.11. The molecule has 1 unspecified atom stereocenters. The molecule has 1 fully saturated rings. The van der Waals surface area contributed by atoms with Crippen LogP contribution in [0.2, 0.25) is 5.02 Å². The van der Waals surface area contributed by atoms with E-state index in [0.717, 1.165) is 5.56 Å². The maximum atomic E-state index is 12.6. The van der Waals surface area contributed by atoms with E-state index in [9.17, 15) is 14.4 Å². The van der Waals surface area contributed by atoms with Crippen molar-refractivity contribution in [2.24, 2.45) is 0 Å². The number of carbonyl (C=O) groups excluding carboxylic acids is 3. The second-order valence-electron chi connectivity index (χ2n) is 6.19. The lowest BCUT2D eigenvalue weighted by Crippen LogP contribution is -2.57. The molecule has 1 atom stereocenters. The topological polar surface area (TPSA) is 115 Å². The van der Waals surface area contributed by atoms with Crippen LogP contribution in [0.5, 0.6) is 0 Å². The highest BCUT2D eigenvalue weighted by molar-refractivity contribution is 6.30. The van der Waals surface area contributed by atoms with E-state index < -0.39 is 12.0 Å². The highest BCUT2D eigenvalue weighted by Crippen LogP contribution is 2.19. The van der Waals surface area contributed by atoms with E-state index in [1.165, 1.54) is 12.0 Å². The first-order valence-electron chi connectivity index (χ1n) is 8.70. The number of rotatable bonds is 6. The minimum absolute atomic E-state index is 0.0766. The van der Waals surface area contributed by atoms with Crippen LogP contribution < -0.4 is 5.32 Å². The number of esters is 1. The van der Waals surface area contributed by atoms with Crippen molar-refractivity contribution in [3.63, 3.8) is 0 Å². The molecular weight excluding hydrogens is 388 g/mol. The summed E-state index contributed by atoms with van der Waals surface area (Å²) in [5, 5.41) is 7.16. The molecule has 3 rings (SSSR count). The van der Waals surface area contributed by atoms with Crippen molar-refractivity contribution in [2.45, 2.75) is 25.3 Å². The Labute approximate surface area is 166 Å². The maximum absolute atomic E-state index is 12.6. The lowest BCUT2D eigenvalue weighted by atomic mass is 10.1. The monoisotopic (exact) mass is 406 g/mol. The van der Waals surface area contributed by atoms with Gasteiger partial charge in [-0.1, -0.05) is 16.8 Å². The largest absolute Gasteiger partial charge is 0.469 e. The number of halogens is 1. The van der Waals surface area contributed by atoms with Gasteiger partial charge in [-0.05, 0) is 24.3 Å². The Morgan fingerprint density at radius 3 is 2.82 bits per heavy atom. The third-order valence-corrected chi connectivity index (χ3v) is 4.61. The third kappa shape index (κ3) is 4.66. The summed E-state index contributed by atoms with van der Waals surface area (Å²) in [5.41, 5.74) is 0.747. The van der Waals surface area contributed by atoms with Gasteiger partial charge >= 0.3 is 5.97 Å². The highest BCUT2D eigenvalue weighted by Gasteiger charge is 2.34. The summed E-state index contributed by atoms with van der Waals surface area (Å²) in [7, 11) is 1.24. The van der Waals surface area contributed by atoms with Crippen molar-refractivity contribution in [1.29, 1.82) is 0 Å². The fraction of sp³-hybridized carbons (Fsp3) is 0.389. The first-order valence-corrected chi connectivity index (χ1v) is 9.08. The molecule has 0 radical (unpaired) electrons. The molecule has 1 N–H and O–H groups in total. The number of nitrogens with zero attached hydrogens (tertiary/aromatic N) is 3. The summed E-state index contributed by atoms with van der Waals surface area (Å²) in [5.74, 6) is -0.475. The number of methoxy groups -OCH3 is 1. The molecule has 10 heteroatoms. The summed E-state index contributed by atoms with van der Waals surface area (Å²) in [4.78, 5) is 41.9. The maximum Gasteiger partial charge on any atom is 0.308 e. The normalized spacial score (nSPS) is 16.6. The van der Waals surface area contributed by atoms with Crippen molar-refractivity contribution in [1.82, 2.24) is 20.4 Å². The molecule has 2 amide bonds. The predicted molar refractivity (Wildman–Crippen MR) is 98.2 cm³/mol. The average Bonchev–Trinajstić information content (AvgIpc) is 3.17. The Morgan fingerprint density at radius 2 is 2.11 bits per heavy atom. The number of benzene rings is 1. The van der Waals surface area contributed by atoms with E-state index in [1.807, 2.05) is 0 Å². The van der Waals surface area contributed by atoms with Crippen LogP contribution in [0.3, 0.4) is 0 Å². The van der Waals surface area contributed by atoms with E-state index in [0.29, 0.717) is 29.8 Å². The number of aryl methyl sites for hydroxylation is 1. The van der Waals surface area contributed by atoms with Crippen molar-refractivity contribution >= 4 is 29.4 Å². The molecule has 1 aliphatic rings. The van der Waals surface area contributed by atoms with Gasteiger partial charge in [0.05, 0.1) is 13.5 Å². The molecule has 0 bridgehead atoms. The smallest absolute Gasteiger partial charge is 0.308 e. The van der Waals surface area contributed by atoms with Gasteiger partial charge in [0.2, 0.25) is 23.5 Å². The molecule has 0 aliphatic carbocycles. The number of nitrogens with one attached hydrogen (secondary N) is 1. The molecular formula is C18H19ClN4O5. The number of piperazine rings is 1. The second-order valence-corrected chi connectivity index (χ2v) is 6.63. The number of hydrogen-bond donors (Lipinski definition) is 1. The lowest BCUT2D eigenvalue weighted by molar-refractivity contribution is -0.150. The molecule has 0 saturated carbocycles. The van der Waals surface area contributed by atoms with E-state index >= 15 is 0 Å². The Hall–Kier alpha value is -2.94. The quantitative estimate of drug-likeness (QED) is 0.717. The van der Waals surface area contributed by atoms with Gasteiger partial charge in [0.1, 0.15) is 6.04 Å². The highest BCUT2D eigenvalue weighted by atomic mass is 35.5. The van der Waals surface area contributed by atoms with Crippen molar-refractivity contribution in [2.75, 3.05) is 20.2 Å². The molecule has 0 spiro atoms. The van der Waals surface area contributed by atoms with Crippen LogP contribution in [-0.2, 0) is 25.5 Å². The Kier molecular flexibility index (Phi) is 6.25. The van der Waals surface area contributed by atoms with Crippen LogP contribution in [-0.4, -0.2) is 59.1 Å². The van der Waals surface area contributed by atoms with Crippen LogP contribution in [0.15, 0.2) is 28.8 Å². The second kappa shape index (κ2) is 8.83. The average molecular weight is 407 g/mol. The van der Waals surface area contributed by atoms with Gasteiger partial charge in [-0.15, -0.1) is 0 Å². The van der Waals surface area contributed by atoms with E-state index in [2.05, 4.69) is 20.2 Å². The summed E-state index contributed by atoms with van der Waals surface area (Å²) in [6.45, 7) is 0.662. The number of hydrogen-bond acceptors (Lipinski definition) is 7. The minimum atomic E-state index is -0.874. The molecule has 28 heavy (non-hydrogen) atoms. The summed E-state index contributed by atoms with van der Waals surface area (Å²) < 4.78 is 9.81. The van der Waals surface area contributed by atoms with Gasteiger partial charge in [-0.3, -0.25) is 14.4 Å². The number of aromatic nitrogens is 2. The van der Waals surface area contributed by atoms with Crippen molar-refractivity contribution in [3.8, 4) is 11.4 Å². The fourth-order valence-electron chi connectivity index (χ4n) is 2.89. The Balaban J connectivity index is 1.62. The number of carbonyl (C=O) groups is 3. The van der Waals surface area contributed by atoms with Gasteiger partial charge in [-0.2, -0.15) is 4.98 Å². The van der Waals surface area contributed by atoms with E-state index in [-0.39, 0.29) is 31.1 Å². The molecule has 2 aromatic rings. The van der Waals surface area contributed by atoms with Crippen LogP contribution in [0.4, 0.5) is 0 Å². The summed E-state index contributed by atoms with van der Waals surface area (Å²) >= 11 is 5.86. The van der Waals surface area contributed by atoms with E-state index in [1.54, 1.807) is 24.3 Å². The van der Waals surface area contributed by atoms with Gasteiger partial charge in [-0.25, -0.2) is 0 Å². The zero-order valence-electron chi connectivity index (χ0n) is 15.2. The molecule has 1 aromatic carbocycles. The van der Waals surface area contributed by atoms with Gasteiger partial charge < -0.3 is 19.5 Å². The molecule has 1 saturated heterocycles. The van der Waals surface area contributed by atoms with Crippen molar-refractivity contribution in [3.05, 3.63) is 35.2 Å². The zero-order valence-corrected chi connectivity index (χ0v) is 15.9. The van der Waals surface area contributed by atoms with Crippen LogP contribution in [0, 0.1) is 0 Å². The van der Waals surface area contributed by atoms with Gasteiger partial charge in [0.15, 0.2) is 0 Å². The molecule has 2 heterocycles. The summed E-state index contributed by atoms with van der Waals surface area (Å²) in [6.07, 6.45) is 0.116. The van der Waals surface area contributed by atoms with E-state index in [4.69, 9.17) is 16.1 Å². The SMILES string of the molecule is COC(=O)CC1C(=O)NCCN1C(=O)CCc1nc(-c2ccc(Cl)cc2)no1. The van der Waals surface area contributed by atoms with Crippen LogP contribution >= 0.6 is 11.6 Å². The van der Waals surface area contributed by atoms with Gasteiger partial charge in [0.25, 0.3) is 0 Å². The fourth-order valence-corrected chi connectivity index (χ4v) is 3.01. The minimum Gasteiger partial charge on any atom is -0.469 e. The molecule has 148 valence electrons. The predicted octanol–water partition coefficient (Wildman–Crippen LogP) is 1.21. The zero-order chi connectivity index (χ0) is 20.1. The molecule has 1 aromatic heterocycles. The lowest BCUT2D eigenvalue weighted by Gasteiger charge is -2.34.